The summed E-state index contributed by atoms with van der Waals surface area (Å²) in [5, 5.41) is 13.3. The number of ether oxygens (including phenoxy) is 2. The molecule has 174 valence electrons. The molecule has 0 bridgehead atoms. The average molecular weight is 476 g/mol. The molecule has 0 aromatic heterocycles. The fraction of sp³-hybridized carbons (Fsp3) is 0.214. The summed E-state index contributed by atoms with van der Waals surface area (Å²) in [7, 11) is 1.39. The van der Waals surface area contributed by atoms with Crippen LogP contribution in [0.1, 0.15) is 35.6 Å². The van der Waals surface area contributed by atoms with Gasteiger partial charge in [-0.3, -0.25) is 0 Å². The van der Waals surface area contributed by atoms with E-state index in [1.165, 1.54) is 12.6 Å². The number of rotatable bonds is 8. The SMILES string of the molecule is CCOC(=O)C1=C(c2ccc(Cl)cc2)c2ccc(OCCCc3ccccc3)cc2/C1=[N+](/C)[O-]. The van der Waals surface area contributed by atoms with Crippen LogP contribution in [-0.4, -0.2) is 36.7 Å². The van der Waals surface area contributed by atoms with Crippen molar-refractivity contribution in [3.05, 3.63) is 111 Å². The van der Waals surface area contributed by atoms with E-state index in [1.54, 1.807) is 19.1 Å². The van der Waals surface area contributed by atoms with Crippen LogP contribution in [-0.2, 0) is 16.0 Å². The first-order valence-corrected chi connectivity index (χ1v) is 11.6. The van der Waals surface area contributed by atoms with Crippen molar-refractivity contribution in [1.82, 2.24) is 0 Å². The number of hydrogen-bond acceptors (Lipinski definition) is 4. The van der Waals surface area contributed by atoms with Gasteiger partial charge in [-0.15, -0.1) is 0 Å². The summed E-state index contributed by atoms with van der Waals surface area (Å²) in [6, 6.07) is 23.0. The number of nitrogens with zero attached hydrogens (tertiary/aromatic N) is 1. The highest BCUT2D eigenvalue weighted by Gasteiger charge is 2.39. The van der Waals surface area contributed by atoms with Crippen molar-refractivity contribution in [3.8, 4) is 5.75 Å². The number of esters is 1. The van der Waals surface area contributed by atoms with Crippen LogP contribution >= 0.6 is 11.6 Å². The van der Waals surface area contributed by atoms with E-state index in [-0.39, 0.29) is 17.9 Å². The van der Waals surface area contributed by atoms with E-state index in [1.807, 2.05) is 48.5 Å². The van der Waals surface area contributed by atoms with E-state index < -0.39 is 5.97 Å². The summed E-state index contributed by atoms with van der Waals surface area (Å²) in [4.78, 5) is 13.0. The van der Waals surface area contributed by atoms with Crippen LogP contribution in [0.5, 0.6) is 5.75 Å². The van der Waals surface area contributed by atoms with Gasteiger partial charge < -0.3 is 14.7 Å². The highest BCUT2D eigenvalue weighted by atomic mass is 35.5. The Morgan fingerprint density at radius 1 is 1.00 bits per heavy atom. The van der Waals surface area contributed by atoms with Crippen LogP contribution < -0.4 is 4.74 Å². The van der Waals surface area contributed by atoms with Gasteiger partial charge >= 0.3 is 5.97 Å². The largest absolute Gasteiger partial charge is 0.624 e. The molecule has 0 radical (unpaired) electrons. The van der Waals surface area contributed by atoms with Crippen molar-refractivity contribution < 1.29 is 19.0 Å². The van der Waals surface area contributed by atoms with E-state index >= 15 is 0 Å². The predicted molar refractivity (Wildman–Crippen MR) is 134 cm³/mol. The quantitative estimate of drug-likeness (QED) is 0.139. The Balaban J connectivity index is 1.66. The first kappa shape index (κ1) is 23.6. The fourth-order valence-corrected chi connectivity index (χ4v) is 4.30. The van der Waals surface area contributed by atoms with Crippen molar-refractivity contribution in [1.29, 1.82) is 0 Å². The second-order valence-corrected chi connectivity index (χ2v) is 8.40. The summed E-state index contributed by atoms with van der Waals surface area (Å²) < 4.78 is 12.0. The lowest BCUT2D eigenvalue weighted by Gasteiger charge is -2.10. The van der Waals surface area contributed by atoms with Crippen molar-refractivity contribution in [2.24, 2.45) is 0 Å². The van der Waals surface area contributed by atoms with Gasteiger partial charge in [0.2, 0.25) is 5.71 Å². The second kappa shape index (κ2) is 10.6. The minimum atomic E-state index is -0.535. The Morgan fingerprint density at radius 3 is 2.41 bits per heavy atom. The Bertz CT molecular complexity index is 1240. The molecular weight excluding hydrogens is 450 g/mol. The number of carbonyl (C=O) groups excluding carboxylic acids is 1. The maximum Gasteiger partial charge on any atom is 0.345 e. The number of hydroxylamine groups is 1. The number of aryl methyl sites for hydroxylation is 1. The summed E-state index contributed by atoms with van der Waals surface area (Å²) in [6.45, 7) is 2.49. The fourth-order valence-electron chi connectivity index (χ4n) is 4.17. The van der Waals surface area contributed by atoms with Gasteiger partial charge in [-0.1, -0.05) is 54.1 Å². The highest BCUT2D eigenvalue weighted by molar-refractivity contribution is 6.35. The predicted octanol–water partition coefficient (Wildman–Crippen LogP) is 5.66. The molecule has 3 aromatic carbocycles. The molecular formula is C28H26ClNO4. The standard InChI is InChI=1S/C28H26ClNO4/c1-3-33-28(31)26-25(20-11-13-21(29)14-12-20)23-16-15-22(18-24(23)27(26)30(2)32)34-17-7-10-19-8-5-4-6-9-19/h4-6,8-9,11-16,18H,3,7,10,17H2,1-2H3/b30-27+. The zero-order valence-electron chi connectivity index (χ0n) is 19.2. The number of hydrogen-bond donors (Lipinski definition) is 0. The van der Waals surface area contributed by atoms with Crippen LogP contribution in [0.2, 0.25) is 5.02 Å². The molecule has 0 atom stereocenters. The minimum Gasteiger partial charge on any atom is -0.624 e. The lowest BCUT2D eigenvalue weighted by molar-refractivity contribution is -0.421. The van der Waals surface area contributed by atoms with Gasteiger partial charge in [0, 0.05) is 10.6 Å². The number of fused-ring (bicyclic) bond motifs is 1. The van der Waals surface area contributed by atoms with E-state index in [9.17, 15) is 10.0 Å². The Kier molecular flexibility index (Phi) is 7.33. The molecule has 0 heterocycles. The molecule has 1 aliphatic carbocycles. The number of benzene rings is 3. The maximum absolute atomic E-state index is 13.0. The van der Waals surface area contributed by atoms with Crippen molar-refractivity contribution in [3.63, 3.8) is 0 Å². The third-order valence-electron chi connectivity index (χ3n) is 5.65. The van der Waals surface area contributed by atoms with Gasteiger partial charge in [-0.2, -0.15) is 0 Å². The molecule has 4 rings (SSSR count). The number of halogens is 1. The molecule has 0 N–H and O–H groups in total. The van der Waals surface area contributed by atoms with E-state index in [4.69, 9.17) is 21.1 Å². The summed E-state index contributed by atoms with van der Waals surface area (Å²) in [6.07, 6.45) is 1.78. The zero-order chi connectivity index (χ0) is 24.1. The normalized spacial score (nSPS) is 14.1. The first-order valence-electron chi connectivity index (χ1n) is 11.3. The van der Waals surface area contributed by atoms with E-state index in [2.05, 4.69) is 12.1 Å². The van der Waals surface area contributed by atoms with E-state index in [0.717, 1.165) is 24.0 Å². The van der Waals surface area contributed by atoms with Gasteiger partial charge in [0.05, 0.1) is 18.8 Å². The van der Waals surface area contributed by atoms with Crippen LogP contribution in [0.25, 0.3) is 5.57 Å². The molecule has 6 heteroatoms. The summed E-state index contributed by atoms with van der Waals surface area (Å²) >= 11 is 6.08. The Morgan fingerprint density at radius 2 is 1.74 bits per heavy atom. The zero-order valence-corrected chi connectivity index (χ0v) is 20.0. The minimum absolute atomic E-state index is 0.207. The topological polar surface area (TPSA) is 61.6 Å². The lowest BCUT2D eigenvalue weighted by Crippen LogP contribution is -2.21. The van der Waals surface area contributed by atoms with E-state index in [0.29, 0.717) is 33.3 Å². The monoisotopic (exact) mass is 475 g/mol. The summed E-state index contributed by atoms with van der Waals surface area (Å²) in [5.74, 6) is 0.110. The molecule has 0 saturated carbocycles. The van der Waals surface area contributed by atoms with Gasteiger partial charge in [-0.05, 0) is 66.8 Å². The smallest absolute Gasteiger partial charge is 0.345 e. The van der Waals surface area contributed by atoms with Gasteiger partial charge in [0.25, 0.3) is 0 Å². The summed E-state index contributed by atoms with van der Waals surface area (Å²) in [5.41, 5.74) is 4.64. The second-order valence-electron chi connectivity index (χ2n) is 7.97. The molecule has 0 saturated heterocycles. The Labute approximate surface area is 204 Å². The highest BCUT2D eigenvalue weighted by Crippen LogP contribution is 2.40. The molecule has 0 amide bonds. The van der Waals surface area contributed by atoms with Crippen molar-refractivity contribution in [2.75, 3.05) is 20.3 Å². The van der Waals surface area contributed by atoms with Gasteiger partial charge in [0.15, 0.2) is 0 Å². The van der Waals surface area contributed by atoms with Crippen LogP contribution in [0.3, 0.4) is 0 Å². The third kappa shape index (κ3) is 5.00. The van der Waals surface area contributed by atoms with Gasteiger partial charge in [0.1, 0.15) is 18.4 Å². The molecule has 0 unspecified atom stereocenters. The molecule has 1 aliphatic rings. The molecule has 34 heavy (non-hydrogen) atoms. The maximum atomic E-state index is 13.0. The van der Waals surface area contributed by atoms with Crippen LogP contribution in [0, 0.1) is 5.21 Å². The third-order valence-corrected chi connectivity index (χ3v) is 5.90. The molecule has 0 fully saturated rings. The van der Waals surface area contributed by atoms with Crippen LogP contribution in [0.15, 0.2) is 78.4 Å². The molecule has 5 nitrogen and oxygen atoms in total. The molecule has 0 spiro atoms. The van der Waals surface area contributed by atoms with Gasteiger partial charge in [-0.25, -0.2) is 9.53 Å². The van der Waals surface area contributed by atoms with Crippen molar-refractivity contribution >= 4 is 28.9 Å². The lowest BCUT2D eigenvalue weighted by atomic mass is 9.97. The Hall–Kier alpha value is -3.57. The molecule has 3 aromatic rings. The van der Waals surface area contributed by atoms with Crippen molar-refractivity contribution in [2.45, 2.75) is 19.8 Å². The molecule has 0 aliphatic heterocycles. The number of carbonyl (C=O) groups is 1. The van der Waals surface area contributed by atoms with Crippen LogP contribution in [0.4, 0.5) is 0 Å². The average Bonchev–Trinajstić information content (AvgIpc) is 3.18. The first-order chi connectivity index (χ1) is 16.5.